The molecule has 0 saturated heterocycles. The fourth-order valence-corrected chi connectivity index (χ4v) is 1.99. The van der Waals surface area contributed by atoms with Gasteiger partial charge in [-0.2, -0.15) is 0 Å². The number of nitrogens with one attached hydrogen (secondary N) is 1. The molecule has 0 heterocycles. The zero-order chi connectivity index (χ0) is 16.5. The van der Waals surface area contributed by atoms with Crippen LogP contribution in [0.4, 0.5) is 4.39 Å². The molecule has 0 aliphatic heterocycles. The molecule has 0 radical (unpaired) electrons. The monoisotopic (exact) mass is 337 g/mol. The minimum absolute atomic E-state index is 0.113. The van der Waals surface area contributed by atoms with Crippen LogP contribution in [0.25, 0.3) is 0 Å². The molecule has 1 amide bonds. The summed E-state index contributed by atoms with van der Waals surface area (Å²) in [6.45, 7) is 0.615. The Labute approximate surface area is 139 Å². The number of benzene rings is 2. The number of halogens is 2. The molecule has 4 nitrogen and oxygen atoms in total. The molecular weight excluding hydrogens is 321 g/mol. The molecule has 0 aromatic heterocycles. The van der Waals surface area contributed by atoms with Crippen molar-refractivity contribution < 1.29 is 18.7 Å². The van der Waals surface area contributed by atoms with Crippen molar-refractivity contribution in [2.45, 2.75) is 6.42 Å². The maximum absolute atomic E-state index is 13.3. The molecule has 0 aliphatic rings. The average molecular weight is 338 g/mol. The van der Waals surface area contributed by atoms with Crippen LogP contribution in [0.1, 0.15) is 6.42 Å². The van der Waals surface area contributed by atoms with Gasteiger partial charge in [-0.25, -0.2) is 4.39 Å². The van der Waals surface area contributed by atoms with Gasteiger partial charge in [-0.1, -0.05) is 35.9 Å². The first-order chi connectivity index (χ1) is 11.2. The minimum Gasteiger partial charge on any atom is -0.490 e. The van der Waals surface area contributed by atoms with Crippen molar-refractivity contribution in [3.05, 3.63) is 59.4 Å². The summed E-state index contributed by atoms with van der Waals surface area (Å²) in [5.41, 5.74) is 0. The molecule has 0 atom stereocenters. The van der Waals surface area contributed by atoms with Crippen LogP contribution < -0.4 is 14.8 Å². The Hall–Kier alpha value is -2.27. The molecular formula is C17H17ClFNO3. The number of amides is 1. The highest BCUT2D eigenvalue weighted by molar-refractivity contribution is 6.32. The topological polar surface area (TPSA) is 47.6 Å². The van der Waals surface area contributed by atoms with Crippen LogP contribution in [0.3, 0.4) is 0 Å². The predicted octanol–water partition coefficient (Wildman–Crippen LogP) is 3.44. The fraction of sp³-hybridized carbons (Fsp3) is 0.235. The van der Waals surface area contributed by atoms with Gasteiger partial charge in [0.15, 0.2) is 18.2 Å². The van der Waals surface area contributed by atoms with Crippen LogP contribution in [0.15, 0.2) is 48.5 Å². The standard InChI is InChI=1S/C17H17ClFNO3/c18-13-6-1-3-8-15(13)23-12-17(21)20-10-5-11-22-16-9-4-2-7-14(16)19/h1-4,6-9H,5,10-12H2,(H,20,21). The molecule has 122 valence electrons. The molecule has 0 unspecified atom stereocenters. The smallest absolute Gasteiger partial charge is 0.257 e. The summed E-state index contributed by atoms with van der Waals surface area (Å²) < 4.78 is 23.9. The summed E-state index contributed by atoms with van der Waals surface area (Å²) in [6, 6.07) is 13.1. The van der Waals surface area contributed by atoms with E-state index in [0.717, 1.165) is 0 Å². The van der Waals surface area contributed by atoms with Crippen molar-refractivity contribution in [3.8, 4) is 11.5 Å². The van der Waals surface area contributed by atoms with E-state index >= 15 is 0 Å². The molecule has 0 saturated carbocycles. The summed E-state index contributed by atoms with van der Waals surface area (Å²) in [5.74, 6) is 0.0218. The number of hydrogen-bond acceptors (Lipinski definition) is 3. The van der Waals surface area contributed by atoms with Gasteiger partial charge in [-0.15, -0.1) is 0 Å². The van der Waals surface area contributed by atoms with E-state index in [9.17, 15) is 9.18 Å². The van der Waals surface area contributed by atoms with E-state index in [-0.39, 0.29) is 18.3 Å². The highest BCUT2D eigenvalue weighted by Crippen LogP contribution is 2.22. The fourth-order valence-electron chi connectivity index (χ4n) is 1.80. The Morgan fingerprint density at radius 1 is 1.04 bits per heavy atom. The van der Waals surface area contributed by atoms with E-state index in [1.807, 2.05) is 0 Å². The molecule has 23 heavy (non-hydrogen) atoms. The van der Waals surface area contributed by atoms with Crippen molar-refractivity contribution >= 4 is 17.5 Å². The Kier molecular flexibility index (Phi) is 6.69. The lowest BCUT2D eigenvalue weighted by molar-refractivity contribution is -0.123. The quantitative estimate of drug-likeness (QED) is 0.751. The van der Waals surface area contributed by atoms with Gasteiger partial charge in [-0.3, -0.25) is 4.79 Å². The van der Waals surface area contributed by atoms with Gasteiger partial charge in [0.05, 0.1) is 11.6 Å². The Bertz CT molecular complexity index is 651. The SMILES string of the molecule is O=C(COc1ccccc1Cl)NCCCOc1ccccc1F. The molecule has 6 heteroatoms. The third-order valence-corrected chi connectivity index (χ3v) is 3.25. The summed E-state index contributed by atoms with van der Waals surface area (Å²) in [5, 5.41) is 3.15. The summed E-state index contributed by atoms with van der Waals surface area (Å²) in [7, 11) is 0. The van der Waals surface area contributed by atoms with Crippen LogP contribution in [0.5, 0.6) is 11.5 Å². The number of para-hydroxylation sites is 2. The van der Waals surface area contributed by atoms with Gasteiger partial charge >= 0.3 is 0 Å². The van der Waals surface area contributed by atoms with E-state index in [2.05, 4.69) is 5.32 Å². The van der Waals surface area contributed by atoms with Crippen LogP contribution in [-0.4, -0.2) is 25.7 Å². The number of hydrogen-bond donors (Lipinski definition) is 1. The zero-order valence-electron chi connectivity index (χ0n) is 12.4. The molecule has 0 spiro atoms. The summed E-state index contributed by atoms with van der Waals surface area (Å²) in [6.07, 6.45) is 0.562. The number of carbonyl (C=O) groups excluding carboxylic acids is 1. The number of ether oxygens (including phenoxy) is 2. The van der Waals surface area contributed by atoms with Crippen LogP contribution in [0, 0.1) is 5.82 Å². The first-order valence-electron chi connectivity index (χ1n) is 7.18. The molecule has 2 rings (SSSR count). The largest absolute Gasteiger partial charge is 0.490 e. The van der Waals surface area contributed by atoms with Crippen molar-refractivity contribution in [1.29, 1.82) is 0 Å². The highest BCUT2D eigenvalue weighted by Gasteiger charge is 2.05. The second-order valence-electron chi connectivity index (χ2n) is 4.70. The Morgan fingerprint density at radius 2 is 1.74 bits per heavy atom. The van der Waals surface area contributed by atoms with E-state index in [1.165, 1.54) is 6.07 Å². The van der Waals surface area contributed by atoms with Gasteiger partial charge in [0.1, 0.15) is 5.75 Å². The van der Waals surface area contributed by atoms with Gasteiger partial charge < -0.3 is 14.8 Å². The lowest BCUT2D eigenvalue weighted by Gasteiger charge is -2.09. The van der Waals surface area contributed by atoms with Crippen molar-refractivity contribution in [1.82, 2.24) is 5.32 Å². The lowest BCUT2D eigenvalue weighted by atomic mass is 10.3. The van der Waals surface area contributed by atoms with Crippen molar-refractivity contribution in [2.24, 2.45) is 0 Å². The molecule has 2 aromatic carbocycles. The van der Waals surface area contributed by atoms with E-state index < -0.39 is 5.82 Å². The molecule has 1 N–H and O–H groups in total. The minimum atomic E-state index is -0.398. The second-order valence-corrected chi connectivity index (χ2v) is 5.11. The summed E-state index contributed by atoms with van der Waals surface area (Å²) >= 11 is 5.92. The average Bonchev–Trinajstić information content (AvgIpc) is 2.55. The zero-order valence-corrected chi connectivity index (χ0v) is 13.2. The van der Waals surface area contributed by atoms with Gasteiger partial charge in [0.25, 0.3) is 5.91 Å². The Balaban J connectivity index is 1.60. The lowest BCUT2D eigenvalue weighted by Crippen LogP contribution is -2.30. The predicted molar refractivity (Wildman–Crippen MR) is 86.5 cm³/mol. The third kappa shape index (κ3) is 5.79. The second kappa shape index (κ2) is 9.00. The van der Waals surface area contributed by atoms with Gasteiger partial charge in [0, 0.05) is 6.54 Å². The highest BCUT2D eigenvalue weighted by atomic mass is 35.5. The number of carbonyl (C=O) groups is 1. The summed E-state index contributed by atoms with van der Waals surface area (Å²) in [4.78, 5) is 11.6. The normalized spacial score (nSPS) is 10.2. The van der Waals surface area contributed by atoms with Crippen LogP contribution >= 0.6 is 11.6 Å². The molecule has 2 aromatic rings. The Morgan fingerprint density at radius 3 is 2.48 bits per heavy atom. The van der Waals surface area contributed by atoms with Gasteiger partial charge in [-0.05, 0) is 30.7 Å². The maximum Gasteiger partial charge on any atom is 0.257 e. The molecule has 0 fully saturated rings. The number of rotatable bonds is 8. The first-order valence-corrected chi connectivity index (χ1v) is 7.56. The maximum atomic E-state index is 13.3. The van der Waals surface area contributed by atoms with E-state index in [4.69, 9.17) is 21.1 Å². The van der Waals surface area contributed by atoms with Crippen LogP contribution in [-0.2, 0) is 4.79 Å². The third-order valence-electron chi connectivity index (χ3n) is 2.93. The van der Waals surface area contributed by atoms with E-state index in [0.29, 0.717) is 30.3 Å². The first kappa shape index (κ1) is 17.1. The molecule has 0 aliphatic carbocycles. The van der Waals surface area contributed by atoms with Crippen molar-refractivity contribution in [3.63, 3.8) is 0 Å². The van der Waals surface area contributed by atoms with E-state index in [1.54, 1.807) is 42.5 Å². The van der Waals surface area contributed by atoms with Crippen molar-refractivity contribution in [2.75, 3.05) is 19.8 Å². The van der Waals surface area contributed by atoms with Gasteiger partial charge in [0.2, 0.25) is 0 Å². The molecule has 0 bridgehead atoms. The van der Waals surface area contributed by atoms with Crippen LogP contribution in [0.2, 0.25) is 5.02 Å².